The fourth-order valence-electron chi connectivity index (χ4n) is 1.75. The fourth-order valence-corrected chi connectivity index (χ4v) is 2.39. The van der Waals surface area contributed by atoms with Crippen LogP contribution in [0.2, 0.25) is 0 Å². The summed E-state index contributed by atoms with van der Waals surface area (Å²) in [6.45, 7) is 2.37. The van der Waals surface area contributed by atoms with Gasteiger partial charge in [0, 0.05) is 7.11 Å². The Morgan fingerprint density at radius 2 is 2.20 bits per heavy atom. The van der Waals surface area contributed by atoms with E-state index in [0.29, 0.717) is 12.4 Å². The number of primary sulfonamides is 1. The van der Waals surface area contributed by atoms with E-state index in [1.165, 1.54) is 24.3 Å². The number of sulfonamides is 1. The highest BCUT2D eigenvalue weighted by Crippen LogP contribution is 2.17. The van der Waals surface area contributed by atoms with Gasteiger partial charge in [0.05, 0.1) is 13.2 Å². The summed E-state index contributed by atoms with van der Waals surface area (Å²) in [5.41, 5.74) is 0. The number of nitrogens with zero attached hydrogens (tertiary/aromatic N) is 6. The zero-order chi connectivity index (χ0) is 14.8. The summed E-state index contributed by atoms with van der Waals surface area (Å²) in [5, 5.41) is 16.4. The predicted octanol–water partition coefficient (Wildman–Crippen LogP) is -1.23. The molecule has 0 aliphatic carbocycles. The number of nitrogens with two attached hydrogens (primary N) is 1. The fraction of sp³-hybridized carbons (Fsp3) is 0.556. The molecule has 2 N–H and O–H groups in total. The number of hydrogen-bond acceptors (Lipinski definition) is 7. The lowest BCUT2D eigenvalue weighted by atomic mass is 10.3. The quantitative estimate of drug-likeness (QED) is 0.706. The van der Waals surface area contributed by atoms with Crippen LogP contribution < -0.4 is 5.14 Å². The smallest absolute Gasteiger partial charge is 0.273 e. The Hall–Kier alpha value is -1.85. The van der Waals surface area contributed by atoms with Crippen LogP contribution in [0.4, 0.5) is 0 Å². The minimum atomic E-state index is -3.96. The van der Waals surface area contributed by atoms with Crippen molar-refractivity contribution >= 4 is 10.0 Å². The highest BCUT2D eigenvalue weighted by atomic mass is 32.2. The lowest BCUT2D eigenvalue weighted by molar-refractivity contribution is 0.182. The van der Waals surface area contributed by atoms with Crippen LogP contribution in [0.25, 0.3) is 0 Å². The first kappa shape index (κ1) is 14.6. The van der Waals surface area contributed by atoms with Crippen molar-refractivity contribution in [1.29, 1.82) is 0 Å². The second kappa shape index (κ2) is 5.64. The van der Waals surface area contributed by atoms with Gasteiger partial charge in [-0.05, 0) is 6.92 Å². The molecule has 0 radical (unpaired) electrons. The molecule has 0 fully saturated rings. The van der Waals surface area contributed by atoms with E-state index in [1.54, 1.807) is 11.6 Å². The van der Waals surface area contributed by atoms with Gasteiger partial charge in [0.1, 0.15) is 18.7 Å². The van der Waals surface area contributed by atoms with E-state index in [2.05, 4.69) is 20.3 Å². The van der Waals surface area contributed by atoms with Gasteiger partial charge < -0.3 is 4.74 Å². The number of methoxy groups -OCH3 is 1. The minimum Gasteiger partial charge on any atom is -0.383 e. The second-order valence-electron chi connectivity index (χ2n) is 4.08. The molecule has 2 heterocycles. The zero-order valence-electron chi connectivity index (χ0n) is 11.0. The lowest BCUT2D eigenvalue weighted by Crippen LogP contribution is -2.22. The number of hydrogen-bond donors (Lipinski definition) is 1. The van der Waals surface area contributed by atoms with Gasteiger partial charge >= 0.3 is 0 Å². The van der Waals surface area contributed by atoms with Crippen molar-refractivity contribution in [2.45, 2.75) is 24.7 Å². The van der Waals surface area contributed by atoms with Crippen molar-refractivity contribution in [3.8, 4) is 0 Å². The minimum absolute atomic E-state index is 0.267. The molecule has 10 nitrogen and oxygen atoms in total. The summed E-state index contributed by atoms with van der Waals surface area (Å²) >= 11 is 0. The standard InChI is InChI=1S/C9H15N7O3S/c1-7(16-6-11-5-12-16)8-13-14-9(20(10,17)18)15(8)3-4-19-2/h5-7H,3-4H2,1-2H3,(H2,10,17,18). The summed E-state index contributed by atoms with van der Waals surface area (Å²) in [7, 11) is -2.44. The third-order valence-electron chi connectivity index (χ3n) is 2.73. The summed E-state index contributed by atoms with van der Waals surface area (Å²) in [6, 6.07) is -0.336. The molecule has 0 aliphatic rings. The molecule has 0 bridgehead atoms. The molecule has 0 amide bonds. The Morgan fingerprint density at radius 3 is 2.75 bits per heavy atom. The molecule has 110 valence electrons. The van der Waals surface area contributed by atoms with Crippen LogP contribution in [-0.4, -0.2) is 51.7 Å². The summed E-state index contributed by atoms with van der Waals surface area (Å²) in [6.07, 6.45) is 2.89. The molecule has 0 aliphatic heterocycles. The molecule has 0 saturated carbocycles. The molecule has 20 heavy (non-hydrogen) atoms. The Balaban J connectivity index is 2.45. The maximum absolute atomic E-state index is 11.5. The monoisotopic (exact) mass is 301 g/mol. The molecular weight excluding hydrogens is 286 g/mol. The van der Waals surface area contributed by atoms with E-state index in [0.717, 1.165) is 0 Å². The Kier molecular flexibility index (Phi) is 4.11. The topological polar surface area (TPSA) is 131 Å². The number of rotatable bonds is 6. The van der Waals surface area contributed by atoms with Gasteiger partial charge in [-0.1, -0.05) is 0 Å². The molecule has 2 aromatic rings. The molecular formula is C9H15N7O3S. The normalized spacial score (nSPS) is 13.6. The number of ether oxygens (including phenoxy) is 1. The van der Waals surface area contributed by atoms with Gasteiger partial charge in [0.2, 0.25) is 0 Å². The van der Waals surface area contributed by atoms with E-state index in [4.69, 9.17) is 9.88 Å². The highest BCUT2D eigenvalue weighted by Gasteiger charge is 2.25. The molecule has 1 atom stereocenters. The van der Waals surface area contributed by atoms with E-state index < -0.39 is 10.0 Å². The van der Waals surface area contributed by atoms with Gasteiger partial charge in [0.25, 0.3) is 15.2 Å². The van der Waals surface area contributed by atoms with Crippen LogP contribution in [0.15, 0.2) is 17.8 Å². The van der Waals surface area contributed by atoms with Crippen molar-refractivity contribution in [1.82, 2.24) is 29.5 Å². The Morgan fingerprint density at radius 1 is 1.45 bits per heavy atom. The van der Waals surface area contributed by atoms with Crippen LogP contribution in [0.3, 0.4) is 0 Å². The van der Waals surface area contributed by atoms with Gasteiger partial charge in [-0.15, -0.1) is 10.2 Å². The molecule has 0 saturated heterocycles. The van der Waals surface area contributed by atoms with E-state index in [9.17, 15) is 8.42 Å². The zero-order valence-corrected chi connectivity index (χ0v) is 11.9. The second-order valence-corrected chi connectivity index (χ2v) is 5.54. The van der Waals surface area contributed by atoms with Crippen molar-refractivity contribution < 1.29 is 13.2 Å². The molecule has 1 unspecified atom stereocenters. The van der Waals surface area contributed by atoms with Crippen molar-refractivity contribution in [3.63, 3.8) is 0 Å². The van der Waals surface area contributed by atoms with Gasteiger partial charge in [-0.2, -0.15) is 5.10 Å². The average Bonchev–Trinajstić information content (AvgIpc) is 3.03. The van der Waals surface area contributed by atoms with Gasteiger partial charge in [0.15, 0.2) is 5.82 Å². The molecule has 0 aromatic carbocycles. The third kappa shape index (κ3) is 2.84. The molecule has 2 aromatic heterocycles. The van der Waals surface area contributed by atoms with Gasteiger partial charge in [-0.3, -0.25) is 4.57 Å². The maximum Gasteiger partial charge on any atom is 0.273 e. The van der Waals surface area contributed by atoms with Crippen LogP contribution in [0.1, 0.15) is 18.8 Å². The molecule has 2 rings (SSSR count). The largest absolute Gasteiger partial charge is 0.383 e. The summed E-state index contributed by atoms with van der Waals surface area (Å²) in [5.74, 6) is 0.413. The maximum atomic E-state index is 11.5. The van der Waals surface area contributed by atoms with Crippen LogP contribution in [0, 0.1) is 0 Å². The van der Waals surface area contributed by atoms with Crippen molar-refractivity contribution in [2.75, 3.05) is 13.7 Å². The average molecular weight is 301 g/mol. The summed E-state index contributed by atoms with van der Waals surface area (Å²) in [4.78, 5) is 3.84. The first-order valence-electron chi connectivity index (χ1n) is 5.74. The molecule has 0 spiro atoms. The highest BCUT2D eigenvalue weighted by molar-refractivity contribution is 7.89. The van der Waals surface area contributed by atoms with Crippen LogP contribution >= 0.6 is 0 Å². The first-order valence-corrected chi connectivity index (χ1v) is 7.28. The predicted molar refractivity (Wildman–Crippen MR) is 67.1 cm³/mol. The van der Waals surface area contributed by atoms with E-state index >= 15 is 0 Å². The number of aromatic nitrogens is 6. The van der Waals surface area contributed by atoms with Crippen LogP contribution in [0.5, 0.6) is 0 Å². The summed E-state index contributed by atoms with van der Waals surface area (Å²) < 4.78 is 30.9. The van der Waals surface area contributed by atoms with E-state index in [-0.39, 0.29) is 17.7 Å². The van der Waals surface area contributed by atoms with E-state index in [1.807, 2.05) is 0 Å². The Labute approximate surface area is 115 Å². The lowest BCUT2D eigenvalue weighted by Gasteiger charge is -2.13. The third-order valence-corrected chi connectivity index (χ3v) is 3.54. The van der Waals surface area contributed by atoms with Gasteiger partial charge in [-0.25, -0.2) is 23.2 Å². The first-order chi connectivity index (χ1) is 9.45. The molecule has 11 heteroatoms. The van der Waals surface area contributed by atoms with Crippen LogP contribution in [-0.2, 0) is 21.3 Å². The SMILES string of the molecule is COCCn1c(C(C)n2cncn2)nnc1S(N)(=O)=O. The van der Waals surface area contributed by atoms with Crippen molar-refractivity contribution in [3.05, 3.63) is 18.5 Å². The van der Waals surface area contributed by atoms with Crippen molar-refractivity contribution in [2.24, 2.45) is 5.14 Å². The Bertz CT molecular complexity index is 664.